The fourth-order valence-electron chi connectivity index (χ4n) is 3.67. The maximum atomic E-state index is 5.94. The molecule has 4 rings (SSSR count). The van der Waals surface area contributed by atoms with Crippen LogP contribution in [-0.4, -0.2) is 54.5 Å². The largest absolute Gasteiger partial charge is 0.497 e. The van der Waals surface area contributed by atoms with Gasteiger partial charge in [0.2, 0.25) is 0 Å². The average molecular weight is 393 g/mol. The van der Waals surface area contributed by atoms with Crippen molar-refractivity contribution in [3.63, 3.8) is 0 Å². The topological polar surface area (TPSA) is 63.9 Å². The highest BCUT2D eigenvalue weighted by Gasteiger charge is 2.25. The molecule has 3 aromatic rings. The summed E-state index contributed by atoms with van der Waals surface area (Å²) in [6, 6.07) is 12.6. The predicted molar refractivity (Wildman–Crippen MR) is 114 cm³/mol. The number of aliphatic imine (C=N–C) groups is 1. The zero-order chi connectivity index (χ0) is 20.2. The molecule has 7 nitrogen and oxygen atoms in total. The monoisotopic (exact) mass is 393 g/mol. The van der Waals surface area contributed by atoms with Crippen LogP contribution in [0.5, 0.6) is 5.75 Å². The second-order valence-corrected chi connectivity index (χ2v) is 7.20. The molecule has 1 unspecified atom stereocenters. The molecule has 0 radical (unpaired) electrons. The lowest BCUT2D eigenvalue weighted by atomic mass is 10.1. The van der Waals surface area contributed by atoms with Crippen LogP contribution in [0.2, 0.25) is 0 Å². The molecule has 1 N–H and O–H groups in total. The predicted octanol–water partition coefficient (Wildman–Crippen LogP) is 2.73. The Hall–Kier alpha value is -3.06. The van der Waals surface area contributed by atoms with Crippen LogP contribution in [-0.2, 0) is 18.3 Å². The Morgan fingerprint density at radius 1 is 1.28 bits per heavy atom. The van der Waals surface area contributed by atoms with Gasteiger partial charge in [0.25, 0.3) is 0 Å². The molecule has 1 atom stereocenters. The quantitative estimate of drug-likeness (QED) is 0.545. The van der Waals surface area contributed by atoms with Crippen molar-refractivity contribution >= 4 is 16.7 Å². The Balaban J connectivity index is 1.42. The first-order valence-corrected chi connectivity index (χ1v) is 9.78. The number of benzene rings is 2. The van der Waals surface area contributed by atoms with Gasteiger partial charge in [-0.3, -0.25) is 9.67 Å². The van der Waals surface area contributed by atoms with E-state index in [1.807, 2.05) is 32.6 Å². The van der Waals surface area contributed by atoms with E-state index in [0.29, 0.717) is 13.2 Å². The van der Waals surface area contributed by atoms with E-state index >= 15 is 0 Å². The van der Waals surface area contributed by atoms with E-state index in [2.05, 4.69) is 50.6 Å². The second kappa shape index (κ2) is 8.53. The highest BCUT2D eigenvalue weighted by Crippen LogP contribution is 2.23. The second-order valence-electron chi connectivity index (χ2n) is 7.20. The summed E-state index contributed by atoms with van der Waals surface area (Å²) in [6.07, 6.45) is 3.88. The summed E-state index contributed by atoms with van der Waals surface area (Å²) in [5.74, 6) is 1.76. The maximum Gasteiger partial charge on any atom is 0.194 e. The number of fused-ring (bicyclic) bond motifs is 1. The number of morpholine rings is 1. The molecule has 0 spiro atoms. The Bertz CT molecular complexity index is 1010. The van der Waals surface area contributed by atoms with E-state index in [9.17, 15) is 0 Å². The summed E-state index contributed by atoms with van der Waals surface area (Å²) < 4.78 is 13.1. The van der Waals surface area contributed by atoms with Gasteiger partial charge in [-0.15, -0.1) is 0 Å². The van der Waals surface area contributed by atoms with E-state index in [-0.39, 0.29) is 6.10 Å². The highest BCUT2D eigenvalue weighted by atomic mass is 16.5. The van der Waals surface area contributed by atoms with Crippen molar-refractivity contribution in [3.05, 3.63) is 59.9 Å². The number of methoxy groups -OCH3 is 1. The van der Waals surface area contributed by atoms with Crippen LogP contribution in [0.4, 0.5) is 0 Å². The first kappa shape index (κ1) is 19.3. The van der Waals surface area contributed by atoms with Crippen molar-refractivity contribution in [2.24, 2.45) is 12.0 Å². The third-order valence-electron chi connectivity index (χ3n) is 5.24. The normalized spacial score (nSPS) is 17.6. The Morgan fingerprint density at radius 3 is 2.86 bits per heavy atom. The molecule has 152 valence electrons. The Morgan fingerprint density at radius 2 is 2.10 bits per heavy atom. The first-order chi connectivity index (χ1) is 14.2. The molecular formula is C22H27N5O2. The number of hydrogen-bond donors (Lipinski definition) is 1. The molecule has 0 saturated carbocycles. The fourth-order valence-corrected chi connectivity index (χ4v) is 3.67. The molecule has 2 heterocycles. The van der Waals surface area contributed by atoms with Crippen LogP contribution in [0.15, 0.2) is 53.8 Å². The molecule has 1 aliphatic rings. The van der Waals surface area contributed by atoms with Crippen LogP contribution in [0, 0.1) is 0 Å². The molecule has 0 aliphatic carbocycles. The molecule has 1 aliphatic heterocycles. The molecule has 1 saturated heterocycles. The number of nitrogens with one attached hydrogen (secondary N) is 1. The lowest BCUT2D eigenvalue weighted by Crippen LogP contribution is -2.47. The number of ether oxygens (including phenoxy) is 2. The van der Waals surface area contributed by atoms with E-state index in [1.165, 1.54) is 16.3 Å². The standard InChI is InChI=1S/C22H27N5O2/c1-23-22(27-8-9-29-21(15-27)19-13-25-26(2)14-19)24-12-16-4-5-18-11-20(28-3)7-6-17(18)10-16/h4-7,10-11,13-14,21H,8-9,12,15H2,1-3H3,(H,23,24). The van der Waals surface area contributed by atoms with Crippen LogP contribution in [0.1, 0.15) is 17.2 Å². The number of aromatic nitrogens is 2. The summed E-state index contributed by atoms with van der Waals surface area (Å²) in [6.45, 7) is 2.94. The first-order valence-electron chi connectivity index (χ1n) is 9.78. The lowest BCUT2D eigenvalue weighted by Gasteiger charge is -2.34. The maximum absolute atomic E-state index is 5.94. The number of rotatable bonds is 4. The molecule has 2 aromatic carbocycles. The van der Waals surface area contributed by atoms with Gasteiger partial charge in [-0.25, -0.2) is 0 Å². The Labute approximate surface area is 170 Å². The highest BCUT2D eigenvalue weighted by molar-refractivity contribution is 5.85. The van der Waals surface area contributed by atoms with Crippen LogP contribution in [0.3, 0.4) is 0 Å². The number of hydrogen-bond acceptors (Lipinski definition) is 4. The van der Waals surface area contributed by atoms with Gasteiger partial charge in [-0.1, -0.05) is 18.2 Å². The van der Waals surface area contributed by atoms with E-state index in [0.717, 1.165) is 30.4 Å². The molecule has 7 heteroatoms. The van der Waals surface area contributed by atoms with Crippen molar-refractivity contribution in [2.45, 2.75) is 12.6 Å². The third kappa shape index (κ3) is 4.35. The van der Waals surface area contributed by atoms with E-state index < -0.39 is 0 Å². The van der Waals surface area contributed by atoms with Gasteiger partial charge in [0.1, 0.15) is 11.9 Å². The van der Waals surface area contributed by atoms with Gasteiger partial charge in [0, 0.05) is 38.9 Å². The smallest absolute Gasteiger partial charge is 0.194 e. The van der Waals surface area contributed by atoms with Crippen molar-refractivity contribution in [1.82, 2.24) is 20.0 Å². The minimum Gasteiger partial charge on any atom is -0.497 e. The summed E-state index contributed by atoms with van der Waals surface area (Å²) in [5, 5.41) is 10.1. The molecule has 0 bridgehead atoms. The molecular weight excluding hydrogens is 366 g/mol. The Kier molecular flexibility index (Phi) is 5.67. The van der Waals surface area contributed by atoms with Gasteiger partial charge >= 0.3 is 0 Å². The summed E-state index contributed by atoms with van der Waals surface area (Å²) in [5.41, 5.74) is 2.30. The molecule has 29 heavy (non-hydrogen) atoms. The van der Waals surface area contributed by atoms with Crippen molar-refractivity contribution in [2.75, 3.05) is 33.9 Å². The van der Waals surface area contributed by atoms with Crippen molar-refractivity contribution in [1.29, 1.82) is 0 Å². The number of guanidine groups is 1. The SMILES string of the molecule is CN=C(NCc1ccc2cc(OC)ccc2c1)N1CCOC(c2cnn(C)c2)C1. The minimum atomic E-state index is 0.00616. The molecule has 0 amide bonds. The number of aryl methyl sites for hydroxylation is 1. The zero-order valence-electron chi connectivity index (χ0n) is 17.1. The summed E-state index contributed by atoms with van der Waals surface area (Å²) in [4.78, 5) is 6.73. The minimum absolute atomic E-state index is 0.00616. The van der Waals surface area contributed by atoms with Crippen molar-refractivity contribution in [3.8, 4) is 5.75 Å². The molecule has 1 aromatic heterocycles. The van der Waals surface area contributed by atoms with Gasteiger partial charge in [-0.05, 0) is 34.5 Å². The summed E-state index contributed by atoms with van der Waals surface area (Å²) >= 11 is 0. The average Bonchev–Trinajstić information content (AvgIpc) is 3.20. The van der Waals surface area contributed by atoms with E-state index in [4.69, 9.17) is 9.47 Å². The third-order valence-corrected chi connectivity index (χ3v) is 5.24. The zero-order valence-corrected chi connectivity index (χ0v) is 17.1. The lowest BCUT2D eigenvalue weighted by molar-refractivity contribution is -0.00805. The van der Waals surface area contributed by atoms with Crippen LogP contribution < -0.4 is 10.1 Å². The van der Waals surface area contributed by atoms with Gasteiger partial charge in [-0.2, -0.15) is 5.10 Å². The van der Waals surface area contributed by atoms with Crippen LogP contribution in [0.25, 0.3) is 10.8 Å². The van der Waals surface area contributed by atoms with Crippen molar-refractivity contribution < 1.29 is 9.47 Å². The van der Waals surface area contributed by atoms with Gasteiger partial charge in [0.15, 0.2) is 5.96 Å². The van der Waals surface area contributed by atoms with Gasteiger partial charge in [0.05, 0.1) is 26.5 Å². The number of nitrogens with zero attached hydrogens (tertiary/aromatic N) is 4. The van der Waals surface area contributed by atoms with E-state index in [1.54, 1.807) is 11.8 Å². The molecule has 1 fully saturated rings. The summed E-state index contributed by atoms with van der Waals surface area (Å²) in [7, 11) is 5.43. The fraction of sp³-hybridized carbons (Fsp3) is 0.364. The van der Waals surface area contributed by atoms with Crippen LogP contribution >= 0.6 is 0 Å². The van der Waals surface area contributed by atoms with Gasteiger partial charge < -0.3 is 19.7 Å².